The molecule has 1 unspecified atom stereocenters. The molecule has 1 aromatic heterocycles. The topological polar surface area (TPSA) is 74.2 Å². The number of hydrogen-bond donors (Lipinski definition) is 2. The highest BCUT2D eigenvalue weighted by atomic mass is 35.5. The van der Waals surface area contributed by atoms with Crippen LogP contribution < -0.4 is 10.2 Å². The SMILES string of the molecule is CCC(O)CCNc1nc(Cl)nc(N(C)C)n1. The zero-order valence-electron chi connectivity index (χ0n) is 10.3. The minimum absolute atomic E-state index is 0.155. The molecule has 1 aromatic rings. The molecule has 0 aliphatic heterocycles. The third-order valence-corrected chi connectivity index (χ3v) is 2.40. The molecule has 96 valence electrons. The van der Waals surface area contributed by atoms with Crippen LogP contribution in [-0.2, 0) is 0 Å². The van der Waals surface area contributed by atoms with Crippen LogP contribution in [0.4, 0.5) is 11.9 Å². The van der Waals surface area contributed by atoms with Gasteiger partial charge in [0.1, 0.15) is 0 Å². The van der Waals surface area contributed by atoms with Crippen molar-refractivity contribution in [1.82, 2.24) is 15.0 Å². The van der Waals surface area contributed by atoms with Crippen molar-refractivity contribution < 1.29 is 5.11 Å². The van der Waals surface area contributed by atoms with E-state index in [1.54, 1.807) is 4.90 Å². The fourth-order valence-corrected chi connectivity index (χ4v) is 1.33. The number of nitrogens with zero attached hydrogens (tertiary/aromatic N) is 4. The highest BCUT2D eigenvalue weighted by Gasteiger charge is 2.07. The van der Waals surface area contributed by atoms with Crippen molar-refractivity contribution in [2.45, 2.75) is 25.9 Å². The number of rotatable bonds is 6. The molecule has 0 radical (unpaired) electrons. The van der Waals surface area contributed by atoms with Gasteiger partial charge in [-0.25, -0.2) is 0 Å². The van der Waals surface area contributed by atoms with E-state index in [1.165, 1.54) is 0 Å². The van der Waals surface area contributed by atoms with Crippen LogP contribution in [0, 0.1) is 0 Å². The van der Waals surface area contributed by atoms with Crippen molar-refractivity contribution in [2.75, 3.05) is 30.9 Å². The summed E-state index contributed by atoms with van der Waals surface area (Å²) in [5.41, 5.74) is 0. The van der Waals surface area contributed by atoms with E-state index in [0.717, 1.165) is 6.42 Å². The van der Waals surface area contributed by atoms with Crippen LogP contribution in [0.2, 0.25) is 5.28 Å². The fraction of sp³-hybridized carbons (Fsp3) is 0.700. The van der Waals surface area contributed by atoms with Gasteiger partial charge in [0, 0.05) is 20.6 Å². The fourth-order valence-electron chi connectivity index (χ4n) is 1.17. The molecule has 6 nitrogen and oxygen atoms in total. The lowest BCUT2D eigenvalue weighted by Crippen LogP contribution is -2.17. The van der Waals surface area contributed by atoms with Crippen molar-refractivity contribution in [3.63, 3.8) is 0 Å². The molecular weight excluding hydrogens is 242 g/mol. The maximum absolute atomic E-state index is 9.41. The van der Waals surface area contributed by atoms with Crippen molar-refractivity contribution >= 4 is 23.5 Å². The summed E-state index contributed by atoms with van der Waals surface area (Å²) in [7, 11) is 3.66. The predicted octanol–water partition coefficient (Wildman–Crippen LogP) is 1.16. The average molecular weight is 260 g/mol. The normalized spacial score (nSPS) is 12.3. The minimum atomic E-state index is -0.298. The van der Waals surface area contributed by atoms with E-state index in [0.29, 0.717) is 24.9 Å². The Morgan fingerprint density at radius 2 is 2.06 bits per heavy atom. The molecule has 1 atom stereocenters. The molecule has 0 aromatic carbocycles. The molecule has 7 heteroatoms. The lowest BCUT2D eigenvalue weighted by Gasteiger charge is -2.12. The second kappa shape index (κ2) is 6.56. The van der Waals surface area contributed by atoms with Crippen molar-refractivity contribution in [2.24, 2.45) is 0 Å². The second-order valence-electron chi connectivity index (χ2n) is 3.90. The molecule has 0 aliphatic rings. The maximum Gasteiger partial charge on any atom is 0.230 e. The molecule has 0 amide bonds. The van der Waals surface area contributed by atoms with Gasteiger partial charge in [0.15, 0.2) is 0 Å². The van der Waals surface area contributed by atoms with E-state index >= 15 is 0 Å². The van der Waals surface area contributed by atoms with Gasteiger partial charge in [0.25, 0.3) is 0 Å². The van der Waals surface area contributed by atoms with Crippen LogP contribution in [0.25, 0.3) is 0 Å². The Kier molecular flexibility index (Phi) is 5.37. The number of aliphatic hydroxyl groups is 1. The van der Waals surface area contributed by atoms with E-state index < -0.39 is 0 Å². The zero-order valence-corrected chi connectivity index (χ0v) is 11.1. The smallest absolute Gasteiger partial charge is 0.230 e. The first-order valence-electron chi connectivity index (χ1n) is 5.53. The highest BCUT2D eigenvalue weighted by molar-refractivity contribution is 6.28. The molecule has 1 rings (SSSR count). The summed E-state index contributed by atoms with van der Waals surface area (Å²) in [6, 6.07) is 0. The molecule has 0 aliphatic carbocycles. The van der Waals surface area contributed by atoms with E-state index in [9.17, 15) is 5.11 Å². The summed E-state index contributed by atoms with van der Waals surface area (Å²) in [5.74, 6) is 0.931. The van der Waals surface area contributed by atoms with E-state index in [4.69, 9.17) is 11.6 Å². The van der Waals surface area contributed by atoms with Gasteiger partial charge in [-0.3, -0.25) is 0 Å². The summed E-state index contributed by atoms with van der Waals surface area (Å²) in [6.45, 7) is 2.54. The Hall–Kier alpha value is -1.14. The van der Waals surface area contributed by atoms with E-state index in [2.05, 4.69) is 20.3 Å². The average Bonchev–Trinajstić information content (AvgIpc) is 2.28. The first-order valence-corrected chi connectivity index (χ1v) is 5.91. The van der Waals surface area contributed by atoms with Gasteiger partial charge in [-0.2, -0.15) is 15.0 Å². The van der Waals surface area contributed by atoms with Gasteiger partial charge in [0.2, 0.25) is 17.2 Å². The van der Waals surface area contributed by atoms with Gasteiger partial charge in [-0.15, -0.1) is 0 Å². The van der Waals surface area contributed by atoms with Crippen molar-refractivity contribution in [3.05, 3.63) is 5.28 Å². The monoisotopic (exact) mass is 259 g/mol. The van der Waals surface area contributed by atoms with Crippen LogP contribution >= 0.6 is 11.6 Å². The highest BCUT2D eigenvalue weighted by Crippen LogP contribution is 2.11. The Balaban J connectivity index is 2.59. The van der Waals surface area contributed by atoms with E-state index in [1.807, 2.05) is 21.0 Å². The van der Waals surface area contributed by atoms with Gasteiger partial charge >= 0.3 is 0 Å². The molecule has 2 N–H and O–H groups in total. The van der Waals surface area contributed by atoms with Gasteiger partial charge in [-0.05, 0) is 24.4 Å². The molecule has 0 saturated heterocycles. The number of aliphatic hydroxyl groups excluding tert-OH is 1. The zero-order chi connectivity index (χ0) is 12.8. The van der Waals surface area contributed by atoms with Gasteiger partial charge < -0.3 is 15.3 Å². The number of halogens is 1. The van der Waals surface area contributed by atoms with E-state index in [-0.39, 0.29) is 11.4 Å². The lowest BCUT2D eigenvalue weighted by atomic mass is 10.2. The Bertz CT molecular complexity index is 361. The Morgan fingerprint density at radius 3 is 2.65 bits per heavy atom. The third-order valence-electron chi connectivity index (χ3n) is 2.23. The molecule has 0 spiro atoms. The maximum atomic E-state index is 9.41. The summed E-state index contributed by atoms with van der Waals surface area (Å²) >= 11 is 5.78. The number of anilines is 2. The molecular formula is C10H18ClN5O. The van der Waals surface area contributed by atoms with Crippen LogP contribution in [0.1, 0.15) is 19.8 Å². The largest absolute Gasteiger partial charge is 0.393 e. The summed E-state index contributed by atoms with van der Waals surface area (Å²) in [5, 5.41) is 12.6. The lowest BCUT2D eigenvalue weighted by molar-refractivity contribution is 0.164. The summed E-state index contributed by atoms with van der Waals surface area (Å²) in [4.78, 5) is 13.9. The number of hydrogen-bond acceptors (Lipinski definition) is 6. The number of aromatic nitrogens is 3. The second-order valence-corrected chi connectivity index (χ2v) is 4.24. The van der Waals surface area contributed by atoms with Gasteiger partial charge in [0.05, 0.1) is 6.10 Å². The van der Waals surface area contributed by atoms with Crippen molar-refractivity contribution in [3.8, 4) is 0 Å². The first kappa shape index (κ1) is 13.9. The standard InChI is InChI=1S/C10H18ClN5O/c1-4-7(17)5-6-12-9-13-8(11)14-10(15-9)16(2)3/h7,17H,4-6H2,1-3H3,(H,12,13,14,15). The quantitative estimate of drug-likeness (QED) is 0.799. The van der Waals surface area contributed by atoms with Crippen LogP contribution in [0.3, 0.4) is 0 Å². The summed E-state index contributed by atoms with van der Waals surface area (Å²) in [6.07, 6.45) is 1.09. The molecule has 1 heterocycles. The minimum Gasteiger partial charge on any atom is -0.393 e. The van der Waals surface area contributed by atoms with Crippen LogP contribution in [-0.4, -0.2) is 46.8 Å². The third kappa shape index (κ3) is 4.70. The molecule has 0 bridgehead atoms. The summed E-state index contributed by atoms with van der Waals surface area (Å²) < 4.78 is 0. The van der Waals surface area contributed by atoms with Crippen LogP contribution in [0.5, 0.6) is 0 Å². The molecule has 17 heavy (non-hydrogen) atoms. The van der Waals surface area contributed by atoms with Crippen molar-refractivity contribution in [1.29, 1.82) is 0 Å². The predicted molar refractivity (Wildman–Crippen MR) is 68.6 cm³/mol. The first-order chi connectivity index (χ1) is 8.02. The van der Waals surface area contributed by atoms with Gasteiger partial charge in [-0.1, -0.05) is 6.92 Å². The molecule has 0 fully saturated rings. The van der Waals surface area contributed by atoms with Crippen LogP contribution in [0.15, 0.2) is 0 Å². The Morgan fingerprint density at radius 1 is 1.35 bits per heavy atom. The number of nitrogens with one attached hydrogen (secondary N) is 1. The molecule has 0 saturated carbocycles. The Labute approximate surface area is 106 Å².